The predicted molar refractivity (Wildman–Crippen MR) is 82.4 cm³/mol. The molecule has 0 bridgehead atoms. The van der Waals surface area contributed by atoms with Gasteiger partial charge in [-0.3, -0.25) is 10.1 Å². The zero-order valence-electron chi connectivity index (χ0n) is 12.0. The molecule has 0 amide bonds. The molecule has 5 heteroatoms. The lowest BCUT2D eigenvalue weighted by Gasteiger charge is -2.18. The van der Waals surface area contributed by atoms with Crippen molar-refractivity contribution in [1.82, 2.24) is 0 Å². The Morgan fingerprint density at radius 3 is 2.45 bits per heavy atom. The van der Waals surface area contributed by atoms with Crippen LogP contribution in [0.15, 0.2) is 18.2 Å². The number of rotatable bonds is 5. The van der Waals surface area contributed by atoms with E-state index in [2.05, 4.69) is 10.6 Å². The number of hydrogen-bond donors (Lipinski definition) is 2. The minimum atomic E-state index is -0.295. The van der Waals surface area contributed by atoms with Crippen LogP contribution in [0.3, 0.4) is 0 Å². The highest BCUT2D eigenvalue weighted by Gasteiger charge is 2.21. The van der Waals surface area contributed by atoms with Gasteiger partial charge in [0.15, 0.2) is 0 Å². The number of benzene rings is 1. The first kappa shape index (κ1) is 14.6. The van der Waals surface area contributed by atoms with Crippen molar-refractivity contribution in [3.63, 3.8) is 0 Å². The van der Waals surface area contributed by atoms with E-state index in [-0.39, 0.29) is 10.6 Å². The van der Waals surface area contributed by atoms with Crippen molar-refractivity contribution in [2.24, 2.45) is 0 Å². The van der Waals surface area contributed by atoms with Gasteiger partial charge in [-0.15, -0.1) is 0 Å². The van der Waals surface area contributed by atoms with E-state index >= 15 is 0 Å². The fourth-order valence-electron chi connectivity index (χ4n) is 2.83. The number of nitro groups is 1. The second-order valence-corrected chi connectivity index (χ2v) is 5.32. The van der Waals surface area contributed by atoms with Crippen molar-refractivity contribution in [3.8, 4) is 0 Å². The largest absolute Gasteiger partial charge is 0.380 e. The summed E-state index contributed by atoms with van der Waals surface area (Å²) in [6.07, 6.45) is 7.16. The number of nitrogens with one attached hydrogen (secondary N) is 2. The van der Waals surface area contributed by atoms with E-state index < -0.39 is 0 Å². The van der Waals surface area contributed by atoms with Crippen LogP contribution in [0, 0.1) is 10.1 Å². The molecule has 1 saturated carbocycles. The zero-order valence-corrected chi connectivity index (χ0v) is 12.0. The van der Waals surface area contributed by atoms with Gasteiger partial charge in [-0.2, -0.15) is 0 Å². The highest BCUT2D eigenvalue weighted by Crippen LogP contribution is 2.34. The van der Waals surface area contributed by atoms with Crippen molar-refractivity contribution in [1.29, 1.82) is 0 Å². The van der Waals surface area contributed by atoms with E-state index in [1.165, 1.54) is 25.7 Å². The number of hydrogen-bond acceptors (Lipinski definition) is 4. The summed E-state index contributed by atoms with van der Waals surface area (Å²) in [7, 11) is 0. The second-order valence-electron chi connectivity index (χ2n) is 5.32. The molecular weight excluding hydrogens is 254 g/mol. The third kappa shape index (κ3) is 3.62. The molecular formula is C15H23N3O2. The van der Waals surface area contributed by atoms with Crippen LogP contribution in [0.4, 0.5) is 17.1 Å². The molecule has 0 unspecified atom stereocenters. The number of nitro benzene ring substituents is 1. The first-order chi connectivity index (χ1) is 9.72. The van der Waals surface area contributed by atoms with Gasteiger partial charge in [0.1, 0.15) is 11.4 Å². The summed E-state index contributed by atoms with van der Waals surface area (Å²) in [5.41, 5.74) is 1.40. The van der Waals surface area contributed by atoms with Crippen LogP contribution < -0.4 is 10.6 Å². The first-order valence-corrected chi connectivity index (χ1v) is 7.50. The summed E-state index contributed by atoms with van der Waals surface area (Å²) >= 11 is 0. The predicted octanol–water partition coefficient (Wildman–Crippen LogP) is 4.16. The van der Waals surface area contributed by atoms with Gasteiger partial charge in [0.05, 0.1) is 4.92 Å². The molecule has 1 aromatic carbocycles. The van der Waals surface area contributed by atoms with Crippen LogP contribution in [0.1, 0.15) is 45.4 Å². The molecule has 1 aromatic rings. The summed E-state index contributed by atoms with van der Waals surface area (Å²) in [5, 5.41) is 17.8. The number of nitrogens with zero attached hydrogens (tertiary/aromatic N) is 1. The Balaban J connectivity index is 2.21. The van der Waals surface area contributed by atoms with Gasteiger partial charge >= 0.3 is 5.69 Å². The van der Waals surface area contributed by atoms with Crippen LogP contribution in [0.25, 0.3) is 0 Å². The molecule has 110 valence electrons. The molecule has 0 radical (unpaired) electrons. The van der Waals surface area contributed by atoms with Crippen molar-refractivity contribution in [2.45, 2.75) is 51.5 Å². The molecule has 0 aromatic heterocycles. The molecule has 1 aliphatic rings. The Labute approximate surface area is 119 Å². The lowest BCUT2D eigenvalue weighted by molar-refractivity contribution is -0.383. The normalized spacial score (nSPS) is 16.4. The molecule has 0 saturated heterocycles. The fraction of sp³-hybridized carbons (Fsp3) is 0.600. The molecule has 2 N–H and O–H groups in total. The lowest BCUT2D eigenvalue weighted by Crippen LogP contribution is -2.19. The van der Waals surface area contributed by atoms with Crippen molar-refractivity contribution < 1.29 is 4.92 Å². The maximum atomic E-state index is 11.4. The van der Waals surface area contributed by atoms with Crippen LogP contribution in [-0.4, -0.2) is 17.5 Å². The first-order valence-electron chi connectivity index (χ1n) is 7.50. The van der Waals surface area contributed by atoms with Crippen LogP contribution in [0.5, 0.6) is 0 Å². The monoisotopic (exact) mass is 277 g/mol. The second kappa shape index (κ2) is 7.12. The van der Waals surface area contributed by atoms with Gasteiger partial charge in [0, 0.05) is 12.6 Å². The van der Waals surface area contributed by atoms with Crippen LogP contribution in [-0.2, 0) is 0 Å². The summed E-state index contributed by atoms with van der Waals surface area (Å²) < 4.78 is 0. The smallest absolute Gasteiger partial charge is 0.315 e. The van der Waals surface area contributed by atoms with Gasteiger partial charge in [-0.1, -0.05) is 31.7 Å². The van der Waals surface area contributed by atoms with Gasteiger partial charge in [0.2, 0.25) is 0 Å². The SMILES string of the molecule is CCNc1cccc(NC2CCCCCC2)c1[N+](=O)[O-]. The summed E-state index contributed by atoms with van der Waals surface area (Å²) in [6, 6.07) is 5.79. The van der Waals surface area contributed by atoms with E-state index in [0.717, 1.165) is 12.8 Å². The Kier molecular flexibility index (Phi) is 5.21. The molecule has 5 nitrogen and oxygen atoms in total. The number of para-hydroxylation sites is 1. The van der Waals surface area contributed by atoms with Crippen molar-refractivity contribution >= 4 is 17.1 Å². The minimum Gasteiger partial charge on any atom is -0.380 e. The zero-order chi connectivity index (χ0) is 14.4. The summed E-state index contributed by atoms with van der Waals surface area (Å²) in [6.45, 7) is 2.61. The molecule has 0 atom stereocenters. The fourth-order valence-corrected chi connectivity index (χ4v) is 2.83. The molecule has 1 aliphatic carbocycles. The average molecular weight is 277 g/mol. The minimum absolute atomic E-state index is 0.165. The molecule has 0 heterocycles. The van der Waals surface area contributed by atoms with Crippen LogP contribution >= 0.6 is 0 Å². The Bertz CT molecular complexity index is 454. The highest BCUT2D eigenvalue weighted by molar-refractivity contribution is 5.76. The van der Waals surface area contributed by atoms with Crippen molar-refractivity contribution in [2.75, 3.05) is 17.2 Å². The standard InChI is InChI=1S/C15H23N3O2/c1-2-16-13-10-7-11-14(15(13)18(19)20)17-12-8-5-3-4-6-9-12/h7,10-12,16-17H,2-6,8-9H2,1H3. The van der Waals surface area contributed by atoms with Gasteiger partial charge < -0.3 is 10.6 Å². The Hall–Kier alpha value is -1.78. The molecule has 0 spiro atoms. The van der Waals surface area contributed by atoms with Gasteiger partial charge in [-0.25, -0.2) is 0 Å². The Morgan fingerprint density at radius 2 is 1.85 bits per heavy atom. The average Bonchev–Trinajstić information content (AvgIpc) is 2.67. The topological polar surface area (TPSA) is 67.2 Å². The maximum Gasteiger partial charge on any atom is 0.315 e. The number of anilines is 2. The summed E-state index contributed by atoms with van der Waals surface area (Å²) in [4.78, 5) is 11.1. The van der Waals surface area contributed by atoms with Crippen LogP contribution in [0.2, 0.25) is 0 Å². The third-order valence-corrected chi connectivity index (χ3v) is 3.80. The van der Waals surface area contributed by atoms with E-state index in [1.54, 1.807) is 6.07 Å². The maximum absolute atomic E-state index is 11.4. The van der Waals surface area contributed by atoms with Gasteiger partial charge in [0.25, 0.3) is 0 Å². The molecule has 1 fully saturated rings. The molecule has 0 aliphatic heterocycles. The highest BCUT2D eigenvalue weighted by atomic mass is 16.6. The third-order valence-electron chi connectivity index (χ3n) is 3.80. The van der Waals surface area contributed by atoms with Gasteiger partial charge in [-0.05, 0) is 31.9 Å². The van der Waals surface area contributed by atoms with E-state index in [4.69, 9.17) is 0 Å². The molecule has 20 heavy (non-hydrogen) atoms. The molecule has 2 rings (SSSR count). The van der Waals surface area contributed by atoms with E-state index in [9.17, 15) is 10.1 Å². The quantitative estimate of drug-likeness (QED) is 0.482. The summed E-state index contributed by atoms with van der Waals surface area (Å²) in [5.74, 6) is 0. The lowest BCUT2D eigenvalue weighted by atomic mass is 10.1. The van der Waals surface area contributed by atoms with Crippen molar-refractivity contribution in [3.05, 3.63) is 28.3 Å². The van der Waals surface area contributed by atoms with E-state index in [1.807, 2.05) is 19.1 Å². The Morgan fingerprint density at radius 1 is 1.20 bits per heavy atom. The van der Waals surface area contributed by atoms with E-state index in [0.29, 0.717) is 24.0 Å².